The molecule has 0 saturated carbocycles. The summed E-state index contributed by atoms with van der Waals surface area (Å²) in [5.74, 6) is -0.0236. The second-order valence-corrected chi connectivity index (χ2v) is 6.06. The van der Waals surface area contributed by atoms with Crippen LogP contribution >= 0.6 is 12.6 Å². The standard InChI is InChI=1S/C16H19N5O2S/c1-9(2)12(8-22)20-13-7-18-14(15(17)23)16(21-13)19-10-3-5-11(24)6-4-10/h3-9,12,24H,1-2H3,(H2,17,23)(H2,19,20,21). The number of aldehydes is 1. The van der Waals surface area contributed by atoms with Crippen LogP contribution in [0.25, 0.3) is 0 Å². The van der Waals surface area contributed by atoms with Gasteiger partial charge in [-0.2, -0.15) is 0 Å². The van der Waals surface area contributed by atoms with Crippen LogP contribution in [0.15, 0.2) is 35.4 Å². The molecule has 24 heavy (non-hydrogen) atoms. The molecule has 1 aromatic carbocycles. The molecular weight excluding hydrogens is 326 g/mol. The number of primary amides is 1. The summed E-state index contributed by atoms with van der Waals surface area (Å²) in [4.78, 5) is 31.9. The molecule has 1 heterocycles. The van der Waals surface area contributed by atoms with E-state index in [1.54, 1.807) is 24.3 Å². The zero-order valence-corrected chi connectivity index (χ0v) is 14.2. The van der Waals surface area contributed by atoms with E-state index >= 15 is 0 Å². The van der Waals surface area contributed by atoms with Crippen molar-refractivity contribution >= 4 is 42.1 Å². The van der Waals surface area contributed by atoms with Gasteiger partial charge in [-0.1, -0.05) is 13.8 Å². The molecule has 2 rings (SSSR count). The maximum absolute atomic E-state index is 11.6. The maximum Gasteiger partial charge on any atom is 0.271 e. The molecule has 0 aliphatic rings. The van der Waals surface area contributed by atoms with Crippen LogP contribution in [0.5, 0.6) is 0 Å². The Morgan fingerprint density at radius 2 is 1.96 bits per heavy atom. The lowest BCUT2D eigenvalue weighted by Crippen LogP contribution is -2.28. The van der Waals surface area contributed by atoms with Gasteiger partial charge in [-0.3, -0.25) is 4.79 Å². The van der Waals surface area contributed by atoms with Crippen LogP contribution in [0.4, 0.5) is 17.3 Å². The normalized spacial score (nSPS) is 11.8. The first kappa shape index (κ1) is 17.7. The van der Waals surface area contributed by atoms with Crippen LogP contribution in [0.1, 0.15) is 24.3 Å². The van der Waals surface area contributed by atoms with Crippen LogP contribution in [0, 0.1) is 5.92 Å². The summed E-state index contributed by atoms with van der Waals surface area (Å²) in [6.07, 6.45) is 2.19. The number of anilines is 3. The fraction of sp³-hybridized carbons (Fsp3) is 0.250. The van der Waals surface area contributed by atoms with Gasteiger partial charge in [0.1, 0.15) is 12.1 Å². The van der Waals surface area contributed by atoms with Gasteiger partial charge in [0.2, 0.25) is 0 Å². The van der Waals surface area contributed by atoms with E-state index in [9.17, 15) is 9.59 Å². The Balaban J connectivity index is 2.32. The van der Waals surface area contributed by atoms with Crippen molar-refractivity contribution in [3.8, 4) is 0 Å². The Morgan fingerprint density at radius 3 is 2.50 bits per heavy atom. The summed E-state index contributed by atoms with van der Waals surface area (Å²) in [7, 11) is 0. The van der Waals surface area contributed by atoms with Crippen LogP contribution < -0.4 is 16.4 Å². The molecule has 0 bridgehead atoms. The van der Waals surface area contributed by atoms with E-state index in [2.05, 4.69) is 33.2 Å². The van der Waals surface area contributed by atoms with Crippen LogP contribution in [0.3, 0.4) is 0 Å². The molecule has 2 aromatic rings. The molecule has 0 saturated heterocycles. The number of rotatable bonds is 7. The Morgan fingerprint density at radius 1 is 1.29 bits per heavy atom. The summed E-state index contributed by atoms with van der Waals surface area (Å²) in [5, 5.41) is 5.99. The van der Waals surface area contributed by atoms with Crippen LogP contribution in [0.2, 0.25) is 0 Å². The zero-order chi connectivity index (χ0) is 17.7. The lowest BCUT2D eigenvalue weighted by atomic mass is 10.1. The Kier molecular flexibility index (Phi) is 5.75. The summed E-state index contributed by atoms with van der Waals surface area (Å²) >= 11 is 4.22. The van der Waals surface area contributed by atoms with Gasteiger partial charge in [0.05, 0.1) is 12.2 Å². The number of thiol groups is 1. The number of amides is 1. The van der Waals surface area contributed by atoms with Gasteiger partial charge in [-0.15, -0.1) is 12.6 Å². The number of carbonyl (C=O) groups is 2. The monoisotopic (exact) mass is 345 g/mol. The molecule has 8 heteroatoms. The number of nitrogens with two attached hydrogens (primary N) is 1. The Bertz CT molecular complexity index is 734. The van der Waals surface area contributed by atoms with Gasteiger partial charge in [-0.05, 0) is 30.2 Å². The highest BCUT2D eigenvalue weighted by molar-refractivity contribution is 7.80. The van der Waals surface area contributed by atoms with E-state index in [4.69, 9.17) is 5.73 Å². The van der Waals surface area contributed by atoms with Crippen LogP contribution in [-0.2, 0) is 4.79 Å². The van der Waals surface area contributed by atoms with Crippen molar-refractivity contribution in [2.75, 3.05) is 10.6 Å². The van der Waals surface area contributed by atoms with Crippen LogP contribution in [-0.4, -0.2) is 28.2 Å². The molecule has 7 nitrogen and oxygen atoms in total. The van der Waals surface area contributed by atoms with Crippen molar-refractivity contribution in [2.45, 2.75) is 24.8 Å². The molecule has 0 aliphatic carbocycles. The van der Waals surface area contributed by atoms with E-state index in [-0.39, 0.29) is 17.4 Å². The molecular formula is C16H19N5O2S. The average molecular weight is 345 g/mol. The third kappa shape index (κ3) is 4.45. The summed E-state index contributed by atoms with van der Waals surface area (Å²) < 4.78 is 0. The minimum atomic E-state index is -0.696. The number of aromatic nitrogens is 2. The number of carbonyl (C=O) groups excluding carboxylic acids is 2. The molecule has 0 radical (unpaired) electrons. The molecule has 4 N–H and O–H groups in total. The predicted molar refractivity (Wildman–Crippen MR) is 95.8 cm³/mol. The number of hydrogen-bond acceptors (Lipinski definition) is 7. The van der Waals surface area contributed by atoms with E-state index in [0.29, 0.717) is 11.5 Å². The molecule has 1 atom stereocenters. The zero-order valence-electron chi connectivity index (χ0n) is 13.4. The molecule has 1 unspecified atom stereocenters. The lowest BCUT2D eigenvalue weighted by molar-refractivity contribution is -0.109. The van der Waals surface area contributed by atoms with Gasteiger partial charge >= 0.3 is 0 Å². The second kappa shape index (κ2) is 7.78. The first-order valence-corrected chi connectivity index (χ1v) is 7.80. The molecule has 1 aromatic heterocycles. The topological polar surface area (TPSA) is 110 Å². The van der Waals surface area contributed by atoms with E-state index < -0.39 is 11.9 Å². The minimum Gasteiger partial charge on any atom is -0.364 e. The lowest BCUT2D eigenvalue weighted by Gasteiger charge is -2.17. The van der Waals surface area contributed by atoms with Gasteiger partial charge in [0.15, 0.2) is 11.5 Å². The predicted octanol–water partition coefficient (Wildman–Crippen LogP) is 2.24. The van der Waals surface area contributed by atoms with Gasteiger partial charge < -0.3 is 21.2 Å². The molecule has 0 fully saturated rings. The highest BCUT2D eigenvalue weighted by atomic mass is 32.1. The first-order chi connectivity index (χ1) is 11.4. The summed E-state index contributed by atoms with van der Waals surface area (Å²) in [6, 6.07) is 6.77. The van der Waals surface area contributed by atoms with Crippen molar-refractivity contribution in [3.63, 3.8) is 0 Å². The average Bonchev–Trinajstić information content (AvgIpc) is 2.54. The van der Waals surface area contributed by atoms with Crippen molar-refractivity contribution in [3.05, 3.63) is 36.2 Å². The number of nitrogens with one attached hydrogen (secondary N) is 2. The van der Waals surface area contributed by atoms with E-state index in [1.807, 2.05) is 13.8 Å². The molecule has 0 spiro atoms. The minimum absolute atomic E-state index is 0.0164. The maximum atomic E-state index is 11.6. The number of benzene rings is 1. The van der Waals surface area contributed by atoms with Crippen molar-refractivity contribution in [1.29, 1.82) is 0 Å². The van der Waals surface area contributed by atoms with Gasteiger partial charge in [0.25, 0.3) is 5.91 Å². The SMILES string of the molecule is CC(C)C(C=O)Nc1cnc(C(N)=O)c(Nc2ccc(S)cc2)n1. The third-order valence-electron chi connectivity index (χ3n) is 3.32. The second-order valence-electron chi connectivity index (χ2n) is 5.54. The Hall–Kier alpha value is -2.61. The summed E-state index contributed by atoms with van der Waals surface area (Å²) in [5.41, 5.74) is 6.07. The molecule has 0 aliphatic heterocycles. The fourth-order valence-electron chi connectivity index (χ4n) is 1.94. The Labute approximate surface area is 145 Å². The van der Waals surface area contributed by atoms with E-state index in [1.165, 1.54) is 6.20 Å². The summed E-state index contributed by atoms with van der Waals surface area (Å²) in [6.45, 7) is 3.82. The largest absolute Gasteiger partial charge is 0.364 e. The number of nitrogens with zero attached hydrogens (tertiary/aromatic N) is 2. The quantitative estimate of drug-likeness (QED) is 0.452. The third-order valence-corrected chi connectivity index (χ3v) is 3.61. The smallest absolute Gasteiger partial charge is 0.271 e. The van der Waals surface area contributed by atoms with E-state index in [0.717, 1.165) is 11.2 Å². The highest BCUT2D eigenvalue weighted by Gasteiger charge is 2.16. The fourth-order valence-corrected chi connectivity index (χ4v) is 2.09. The number of hydrogen-bond donors (Lipinski definition) is 4. The molecule has 126 valence electrons. The van der Waals surface area contributed by atoms with Crippen molar-refractivity contribution in [1.82, 2.24) is 9.97 Å². The van der Waals surface area contributed by atoms with Crippen molar-refractivity contribution < 1.29 is 9.59 Å². The van der Waals surface area contributed by atoms with Gasteiger partial charge in [0, 0.05) is 10.6 Å². The molecule has 1 amide bonds. The first-order valence-electron chi connectivity index (χ1n) is 7.35. The highest BCUT2D eigenvalue weighted by Crippen LogP contribution is 2.21. The van der Waals surface area contributed by atoms with Crippen molar-refractivity contribution in [2.24, 2.45) is 11.7 Å². The van der Waals surface area contributed by atoms with Gasteiger partial charge in [-0.25, -0.2) is 9.97 Å².